The highest BCUT2D eigenvalue weighted by Gasteiger charge is 2.28. The van der Waals surface area contributed by atoms with Crippen LogP contribution in [0.5, 0.6) is 0 Å². The number of nitrogens with zero attached hydrogens (tertiary/aromatic N) is 1. The van der Waals surface area contributed by atoms with Gasteiger partial charge < -0.3 is 19.8 Å². The van der Waals surface area contributed by atoms with Gasteiger partial charge in [-0.1, -0.05) is 315 Å². The molecule has 0 heterocycles. The Bertz CT molecular complexity index is 1770. The number of allylic oxidation sites excluding steroid dienone is 20. The Morgan fingerprint density at radius 1 is 0.422 bits per heavy atom. The number of unbranched alkanes of at least 4 members (excludes halogenated alkanes) is 29. The van der Waals surface area contributed by atoms with Gasteiger partial charge in [0.1, 0.15) is 13.2 Å². The summed E-state index contributed by atoms with van der Waals surface area (Å²) < 4.78 is 23.9. The number of quaternary nitrogens is 1. The molecular weight excluding hydrogens is 1040 g/mol. The number of aliphatic hydroxyl groups is 1. The zero-order valence-electron chi connectivity index (χ0n) is 54.7. The van der Waals surface area contributed by atoms with E-state index in [1.54, 1.807) is 0 Å². The van der Waals surface area contributed by atoms with E-state index >= 15 is 0 Å². The number of likely N-dealkylation sites (N-methyl/N-ethyl adjacent to an activating group) is 1. The molecule has 3 unspecified atom stereocenters. The zero-order chi connectivity index (χ0) is 60.5. The second-order valence-electron chi connectivity index (χ2n) is 24.2. The number of carbonyl (C=O) groups excluding carboxylic acids is 1. The SMILES string of the molecule is CC/C=C\C/C=C\C/C=C\C/C=C\C/C=C\C/C=C\C/C=C\C/C=C\C/C=C\C/C=C\CCCCCCCCCCC(=O)NC(COP(=O)(O)OCC[N+](C)(C)C)C(O)CCCCCCCCCCCCCCCCCCCCCCCC. The van der Waals surface area contributed by atoms with E-state index < -0.39 is 20.0 Å². The average molecular weight is 1180 g/mol. The van der Waals surface area contributed by atoms with Crippen LogP contribution in [0.4, 0.5) is 0 Å². The normalized spacial score (nSPS) is 14.4. The van der Waals surface area contributed by atoms with Crippen molar-refractivity contribution < 1.29 is 32.9 Å². The fourth-order valence-electron chi connectivity index (χ4n) is 9.67. The Hall–Kier alpha value is -3.10. The highest BCUT2D eigenvalue weighted by atomic mass is 31.2. The monoisotopic (exact) mass is 1180 g/mol. The molecule has 0 saturated heterocycles. The average Bonchev–Trinajstić information content (AvgIpc) is 3.50. The Labute approximate surface area is 514 Å². The van der Waals surface area contributed by atoms with Crippen LogP contribution in [0.25, 0.3) is 0 Å². The smallest absolute Gasteiger partial charge is 0.391 e. The Morgan fingerprint density at radius 3 is 1.06 bits per heavy atom. The highest BCUT2D eigenvalue weighted by molar-refractivity contribution is 7.47. The number of nitrogens with one attached hydrogen (secondary N) is 1. The molecule has 0 aliphatic carbocycles. The summed E-state index contributed by atoms with van der Waals surface area (Å²) >= 11 is 0. The van der Waals surface area contributed by atoms with Gasteiger partial charge in [-0.05, 0) is 89.9 Å². The van der Waals surface area contributed by atoms with Gasteiger partial charge in [-0.2, -0.15) is 0 Å². The number of carbonyl (C=O) groups is 1. The molecule has 0 aromatic heterocycles. The van der Waals surface area contributed by atoms with Gasteiger partial charge in [0.2, 0.25) is 5.91 Å². The third-order valence-electron chi connectivity index (χ3n) is 15.0. The van der Waals surface area contributed by atoms with Crippen LogP contribution in [-0.4, -0.2) is 73.4 Å². The lowest BCUT2D eigenvalue weighted by Crippen LogP contribution is -2.46. The lowest BCUT2D eigenvalue weighted by Gasteiger charge is -2.26. The lowest BCUT2D eigenvalue weighted by molar-refractivity contribution is -0.870. The summed E-state index contributed by atoms with van der Waals surface area (Å²) in [5.41, 5.74) is 0. The predicted octanol–water partition coefficient (Wildman–Crippen LogP) is 22.0. The molecule has 478 valence electrons. The van der Waals surface area contributed by atoms with Crippen molar-refractivity contribution >= 4 is 13.7 Å². The quantitative estimate of drug-likeness (QED) is 0.0243. The Morgan fingerprint density at radius 2 is 0.723 bits per heavy atom. The molecule has 0 fully saturated rings. The molecule has 8 nitrogen and oxygen atoms in total. The maximum Gasteiger partial charge on any atom is 0.472 e. The minimum absolute atomic E-state index is 0.0679. The van der Waals surface area contributed by atoms with Crippen LogP contribution in [0.1, 0.15) is 290 Å². The first-order chi connectivity index (χ1) is 40.5. The summed E-state index contributed by atoms with van der Waals surface area (Å²) in [5.74, 6) is -0.154. The number of hydrogen-bond donors (Lipinski definition) is 3. The van der Waals surface area contributed by atoms with E-state index in [0.29, 0.717) is 23.9 Å². The predicted molar refractivity (Wildman–Crippen MR) is 364 cm³/mol. The largest absolute Gasteiger partial charge is 0.472 e. The fraction of sp³-hybridized carbons (Fsp3) is 0.716. The van der Waals surface area contributed by atoms with Gasteiger partial charge in [0.25, 0.3) is 0 Å². The summed E-state index contributed by atoms with van der Waals surface area (Å²) in [6.45, 7) is 4.79. The molecular formula is C74H132N2O6P+. The number of phosphoric acid groups is 1. The molecule has 0 aliphatic rings. The third-order valence-corrected chi connectivity index (χ3v) is 16.0. The van der Waals surface area contributed by atoms with E-state index in [2.05, 4.69) is 141 Å². The molecule has 3 atom stereocenters. The molecule has 0 rings (SSSR count). The second-order valence-corrected chi connectivity index (χ2v) is 25.6. The van der Waals surface area contributed by atoms with Crippen LogP contribution in [0, 0.1) is 0 Å². The topological polar surface area (TPSA) is 105 Å². The van der Waals surface area contributed by atoms with Crippen LogP contribution in [0.2, 0.25) is 0 Å². The molecule has 3 N–H and O–H groups in total. The van der Waals surface area contributed by atoms with Crippen molar-refractivity contribution in [2.24, 2.45) is 0 Å². The van der Waals surface area contributed by atoms with Gasteiger partial charge in [-0.15, -0.1) is 0 Å². The Kier molecular flexibility index (Phi) is 61.0. The molecule has 0 saturated carbocycles. The van der Waals surface area contributed by atoms with Gasteiger partial charge in [-0.3, -0.25) is 13.8 Å². The third kappa shape index (κ3) is 66.3. The number of amides is 1. The molecule has 9 heteroatoms. The molecule has 83 heavy (non-hydrogen) atoms. The first-order valence-electron chi connectivity index (χ1n) is 34.4. The number of rotatable bonds is 62. The summed E-state index contributed by atoms with van der Waals surface area (Å²) in [6, 6.07) is -0.775. The highest BCUT2D eigenvalue weighted by Crippen LogP contribution is 2.43. The van der Waals surface area contributed by atoms with Crippen molar-refractivity contribution in [2.75, 3.05) is 40.9 Å². The standard InChI is InChI=1S/C74H131N2O6P/c1-6-8-10-12-14-16-18-20-22-24-26-28-30-31-32-33-34-35-36-37-38-39-40-41-42-43-44-45-46-48-50-52-54-56-58-60-62-64-66-68-74(78)75-72(71-82-83(79,80)81-70-69-76(3,4)5)73(77)67-65-63-61-59-57-55-53-51-49-47-29-27-25-23-21-19-17-15-13-11-9-7-2/h8,10,14,16,20,22,26,28,31-32,34-35,37-38,40-41,43-44,46,48,72-73,77H,6-7,9,11-13,15,17-19,21,23-25,27,29-30,33,36,39,42,45,47,49-71H2,1-5H3,(H-,75,78,79,80)/p+1/b10-8-,16-14-,22-20-,28-26-,32-31-,35-34-,38-37-,41-40-,44-43-,48-46-. The minimum Gasteiger partial charge on any atom is -0.391 e. The lowest BCUT2D eigenvalue weighted by atomic mass is 10.0. The maximum absolute atomic E-state index is 13.1. The van der Waals surface area contributed by atoms with Crippen LogP contribution in [-0.2, 0) is 18.4 Å². The van der Waals surface area contributed by atoms with Crippen molar-refractivity contribution in [3.63, 3.8) is 0 Å². The van der Waals surface area contributed by atoms with Crippen molar-refractivity contribution in [1.82, 2.24) is 5.32 Å². The van der Waals surface area contributed by atoms with Crippen LogP contribution in [0.3, 0.4) is 0 Å². The van der Waals surface area contributed by atoms with Gasteiger partial charge >= 0.3 is 7.82 Å². The molecule has 0 aromatic rings. The van der Waals surface area contributed by atoms with Crippen molar-refractivity contribution in [3.8, 4) is 0 Å². The van der Waals surface area contributed by atoms with E-state index in [1.807, 2.05) is 21.1 Å². The molecule has 0 spiro atoms. The molecule has 0 radical (unpaired) electrons. The summed E-state index contributed by atoms with van der Waals surface area (Å²) in [4.78, 5) is 23.4. The summed E-state index contributed by atoms with van der Waals surface area (Å²) in [6.07, 6.45) is 94.2. The van der Waals surface area contributed by atoms with Gasteiger partial charge in [0, 0.05) is 6.42 Å². The molecule has 1 amide bonds. The van der Waals surface area contributed by atoms with Crippen LogP contribution >= 0.6 is 7.82 Å². The van der Waals surface area contributed by atoms with E-state index in [9.17, 15) is 19.4 Å². The van der Waals surface area contributed by atoms with E-state index in [1.165, 1.54) is 154 Å². The molecule has 0 aromatic carbocycles. The van der Waals surface area contributed by atoms with Crippen molar-refractivity contribution in [1.29, 1.82) is 0 Å². The summed E-state index contributed by atoms with van der Waals surface area (Å²) in [7, 11) is 1.60. The minimum atomic E-state index is -4.34. The van der Waals surface area contributed by atoms with E-state index in [-0.39, 0.29) is 19.1 Å². The fourth-order valence-corrected chi connectivity index (χ4v) is 10.4. The van der Waals surface area contributed by atoms with Crippen molar-refractivity contribution in [3.05, 3.63) is 122 Å². The maximum atomic E-state index is 13.1. The van der Waals surface area contributed by atoms with Gasteiger partial charge in [0.15, 0.2) is 0 Å². The Balaban J connectivity index is 4.12. The van der Waals surface area contributed by atoms with Gasteiger partial charge in [0.05, 0.1) is 39.9 Å². The van der Waals surface area contributed by atoms with E-state index in [0.717, 1.165) is 109 Å². The second kappa shape index (κ2) is 63.4. The first-order valence-corrected chi connectivity index (χ1v) is 35.9. The van der Waals surface area contributed by atoms with Crippen molar-refractivity contribution in [2.45, 2.75) is 302 Å². The molecule has 0 aliphatic heterocycles. The van der Waals surface area contributed by atoms with Crippen LogP contribution in [0.15, 0.2) is 122 Å². The number of phosphoric ester groups is 1. The van der Waals surface area contributed by atoms with E-state index in [4.69, 9.17) is 9.05 Å². The number of aliphatic hydroxyl groups excluding tert-OH is 1. The van der Waals surface area contributed by atoms with Gasteiger partial charge in [-0.25, -0.2) is 4.57 Å². The summed E-state index contributed by atoms with van der Waals surface area (Å²) in [5, 5.41) is 14.1. The first kappa shape index (κ1) is 79.9. The zero-order valence-corrected chi connectivity index (χ0v) is 55.5. The molecule has 0 bridgehead atoms. The van der Waals surface area contributed by atoms with Crippen LogP contribution < -0.4 is 5.32 Å². The number of hydrogen-bond acceptors (Lipinski definition) is 5.